The van der Waals surface area contributed by atoms with Gasteiger partial charge in [-0.05, 0) is 38.4 Å². The van der Waals surface area contributed by atoms with E-state index in [1.54, 1.807) is 18.9 Å². The second-order valence-corrected chi connectivity index (χ2v) is 11.5. The fourth-order valence-corrected chi connectivity index (χ4v) is 6.52. The summed E-state index contributed by atoms with van der Waals surface area (Å²) in [5.74, 6) is -1.01. The SMILES string of the molecule is CC1CCN(C)c2nc(OC[C@@]34CCCN3C[C@H](F)C4)nc3c(F)c(-c4cc(N)cc(Cl)c4C(F)(F)F)nc(c23)O1. The number of rotatable bonds is 4. The molecule has 1 unspecified atom stereocenters. The first-order valence-electron chi connectivity index (χ1n) is 13.3. The lowest BCUT2D eigenvalue weighted by Gasteiger charge is -2.31. The molecule has 0 radical (unpaired) electrons. The summed E-state index contributed by atoms with van der Waals surface area (Å²) in [5, 5.41) is -0.595. The van der Waals surface area contributed by atoms with Crippen LogP contribution in [0.15, 0.2) is 12.1 Å². The molecule has 3 aromatic rings. The molecule has 0 bridgehead atoms. The Morgan fingerprint density at radius 3 is 2.76 bits per heavy atom. The monoisotopic (exact) mass is 598 g/mol. The van der Waals surface area contributed by atoms with E-state index in [2.05, 4.69) is 19.9 Å². The summed E-state index contributed by atoms with van der Waals surface area (Å²) in [6, 6.07) is 1.74. The molecule has 2 N–H and O–H groups in total. The third-order valence-electron chi connectivity index (χ3n) is 8.14. The lowest BCUT2D eigenvalue weighted by atomic mass is 9.95. The van der Waals surface area contributed by atoms with E-state index in [9.17, 15) is 17.6 Å². The maximum absolute atomic E-state index is 16.4. The van der Waals surface area contributed by atoms with Gasteiger partial charge in [0.2, 0.25) is 5.88 Å². The van der Waals surface area contributed by atoms with E-state index in [0.717, 1.165) is 31.5 Å². The molecule has 2 aromatic heterocycles. The Bertz CT molecular complexity index is 1520. The Morgan fingerprint density at radius 2 is 2.00 bits per heavy atom. The number of benzene rings is 1. The Balaban J connectivity index is 1.54. The van der Waals surface area contributed by atoms with Gasteiger partial charge < -0.3 is 20.1 Å². The molecule has 0 spiro atoms. The van der Waals surface area contributed by atoms with Crippen LogP contribution in [-0.2, 0) is 6.18 Å². The number of pyridine rings is 1. The van der Waals surface area contributed by atoms with Crippen molar-refractivity contribution >= 4 is 34.0 Å². The predicted octanol–water partition coefficient (Wildman–Crippen LogP) is 5.65. The zero-order chi connectivity index (χ0) is 29.3. The molecular formula is C27H28ClF5N6O2. The van der Waals surface area contributed by atoms with Gasteiger partial charge in [0.25, 0.3) is 0 Å². The fourth-order valence-electron chi connectivity index (χ4n) is 6.19. The van der Waals surface area contributed by atoms with Crippen LogP contribution in [0.1, 0.15) is 38.2 Å². The van der Waals surface area contributed by atoms with Gasteiger partial charge in [-0.15, -0.1) is 0 Å². The van der Waals surface area contributed by atoms with E-state index < -0.39 is 51.7 Å². The second-order valence-electron chi connectivity index (χ2n) is 11.1. The highest BCUT2D eigenvalue weighted by molar-refractivity contribution is 6.32. The maximum Gasteiger partial charge on any atom is 0.418 e. The van der Waals surface area contributed by atoms with Gasteiger partial charge in [-0.25, -0.2) is 13.8 Å². The number of fused-ring (bicyclic) bond motifs is 1. The largest absolute Gasteiger partial charge is 0.474 e. The van der Waals surface area contributed by atoms with E-state index in [0.29, 0.717) is 25.9 Å². The van der Waals surface area contributed by atoms with E-state index in [1.807, 2.05) is 0 Å². The van der Waals surface area contributed by atoms with Gasteiger partial charge in [-0.1, -0.05) is 11.6 Å². The number of anilines is 2. The minimum Gasteiger partial charge on any atom is -0.474 e. The zero-order valence-electron chi connectivity index (χ0n) is 22.4. The quantitative estimate of drug-likeness (QED) is 0.305. The second kappa shape index (κ2) is 9.97. The first-order valence-corrected chi connectivity index (χ1v) is 13.7. The van der Waals surface area contributed by atoms with Crippen molar-refractivity contribution in [3.05, 3.63) is 28.5 Å². The van der Waals surface area contributed by atoms with E-state index in [1.165, 1.54) is 0 Å². The number of nitrogens with two attached hydrogens (primary N) is 1. The number of hydrogen-bond donors (Lipinski definition) is 1. The average Bonchev–Trinajstić information content (AvgIpc) is 3.40. The molecule has 14 heteroatoms. The lowest BCUT2D eigenvalue weighted by molar-refractivity contribution is -0.137. The topological polar surface area (TPSA) is 89.6 Å². The van der Waals surface area contributed by atoms with Crippen LogP contribution in [0.5, 0.6) is 11.9 Å². The summed E-state index contributed by atoms with van der Waals surface area (Å²) in [6.07, 6.45) is -3.84. The van der Waals surface area contributed by atoms with Gasteiger partial charge in [-0.2, -0.15) is 23.1 Å². The molecule has 2 saturated heterocycles. The van der Waals surface area contributed by atoms with Gasteiger partial charge in [-0.3, -0.25) is 4.90 Å². The molecule has 0 aliphatic carbocycles. The summed E-state index contributed by atoms with van der Waals surface area (Å²) >= 11 is 5.96. The van der Waals surface area contributed by atoms with Crippen LogP contribution in [0.4, 0.5) is 33.5 Å². The van der Waals surface area contributed by atoms with Crippen molar-refractivity contribution < 1.29 is 31.4 Å². The van der Waals surface area contributed by atoms with Crippen LogP contribution in [0.2, 0.25) is 5.02 Å². The van der Waals surface area contributed by atoms with Gasteiger partial charge in [0.05, 0.1) is 22.2 Å². The number of nitrogens with zero attached hydrogens (tertiary/aromatic N) is 5. The van der Waals surface area contributed by atoms with Gasteiger partial charge in [0.15, 0.2) is 5.82 Å². The van der Waals surface area contributed by atoms with Crippen molar-refractivity contribution in [1.82, 2.24) is 19.9 Å². The third-order valence-corrected chi connectivity index (χ3v) is 8.44. The van der Waals surface area contributed by atoms with Crippen LogP contribution in [0.3, 0.4) is 0 Å². The maximum atomic E-state index is 16.4. The average molecular weight is 599 g/mol. The molecule has 1 aromatic carbocycles. The highest BCUT2D eigenvalue weighted by Gasteiger charge is 2.49. The molecule has 0 amide bonds. The summed E-state index contributed by atoms with van der Waals surface area (Å²) in [6.45, 7) is 3.43. The van der Waals surface area contributed by atoms with E-state index in [4.69, 9.17) is 26.8 Å². The van der Waals surface area contributed by atoms with Crippen LogP contribution < -0.4 is 20.1 Å². The molecule has 5 heterocycles. The summed E-state index contributed by atoms with van der Waals surface area (Å²) in [4.78, 5) is 16.9. The van der Waals surface area contributed by atoms with Crippen LogP contribution in [-0.4, -0.2) is 71.0 Å². The van der Waals surface area contributed by atoms with Gasteiger partial charge in [0.1, 0.15) is 35.2 Å². The zero-order valence-corrected chi connectivity index (χ0v) is 23.1. The molecule has 3 aliphatic rings. The van der Waals surface area contributed by atoms with Crippen LogP contribution in [0.25, 0.3) is 22.2 Å². The Hall–Kier alpha value is -3.19. The van der Waals surface area contributed by atoms with Crippen molar-refractivity contribution in [3.63, 3.8) is 0 Å². The molecule has 41 heavy (non-hydrogen) atoms. The van der Waals surface area contributed by atoms with Gasteiger partial charge in [0, 0.05) is 44.2 Å². The minimum absolute atomic E-state index is 0.0884. The van der Waals surface area contributed by atoms with Crippen molar-refractivity contribution in [2.45, 2.75) is 56.6 Å². The standard InChI is InChI=1S/C27H28ClF5N6O2/c1-13-4-7-38(2)23-18-22(36-25(37-23)40-12-26-5-3-6-39(26)11-14(29)10-26)20(30)21(35-24(18)41-13)16-8-15(34)9-17(28)19(16)27(31,32)33/h8-9,13-14H,3-7,10-12,34H2,1-2H3/t13?,14-,26+/m1/s1. The van der Waals surface area contributed by atoms with Crippen molar-refractivity contribution in [1.29, 1.82) is 0 Å². The number of ether oxygens (including phenoxy) is 2. The lowest BCUT2D eigenvalue weighted by Crippen LogP contribution is -2.43. The van der Waals surface area contributed by atoms with Crippen molar-refractivity contribution in [2.75, 3.05) is 43.9 Å². The molecule has 3 aliphatic heterocycles. The fraction of sp³-hybridized carbons (Fsp3) is 0.519. The molecular weight excluding hydrogens is 571 g/mol. The third kappa shape index (κ3) is 4.86. The normalized spacial score (nSPS) is 24.7. The first-order chi connectivity index (χ1) is 19.4. The number of hydrogen-bond acceptors (Lipinski definition) is 8. The number of alkyl halides is 4. The Kier molecular flexibility index (Phi) is 6.80. The van der Waals surface area contributed by atoms with Crippen molar-refractivity contribution in [3.8, 4) is 23.1 Å². The molecule has 6 rings (SSSR count). The Morgan fingerprint density at radius 1 is 1.22 bits per heavy atom. The summed E-state index contributed by atoms with van der Waals surface area (Å²) in [7, 11) is 1.75. The number of nitrogen functional groups attached to an aromatic ring is 1. The van der Waals surface area contributed by atoms with Gasteiger partial charge >= 0.3 is 12.2 Å². The molecule has 220 valence electrons. The molecule has 3 atom stereocenters. The molecule has 2 fully saturated rings. The Labute approximate surface area is 237 Å². The van der Waals surface area contributed by atoms with Crippen LogP contribution in [0, 0.1) is 5.82 Å². The first kappa shape index (κ1) is 28.0. The van der Waals surface area contributed by atoms with E-state index >= 15 is 4.39 Å². The minimum atomic E-state index is -4.93. The number of halogens is 6. The highest BCUT2D eigenvalue weighted by Crippen LogP contribution is 2.46. The number of aromatic nitrogens is 3. The molecule has 8 nitrogen and oxygen atoms in total. The van der Waals surface area contributed by atoms with E-state index in [-0.39, 0.29) is 40.9 Å². The van der Waals surface area contributed by atoms with Crippen molar-refractivity contribution in [2.24, 2.45) is 0 Å². The van der Waals surface area contributed by atoms with Crippen LogP contribution >= 0.6 is 11.6 Å². The smallest absolute Gasteiger partial charge is 0.418 e. The predicted molar refractivity (Wildman–Crippen MR) is 144 cm³/mol. The highest BCUT2D eigenvalue weighted by atomic mass is 35.5. The summed E-state index contributed by atoms with van der Waals surface area (Å²) < 4.78 is 85.0. The summed E-state index contributed by atoms with van der Waals surface area (Å²) in [5.41, 5.74) is 2.28. The molecule has 0 saturated carbocycles.